The van der Waals surface area contributed by atoms with E-state index in [4.69, 9.17) is 4.98 Å². The van der Waals surface area contributed by atoms with Crippen LogP contribution in [0.2, 0.25) is 0 Å². The molecule has 3 heterocycles. The predicted octanol–water partition coefficient (Wildman–Crippen LogP) is 5.10. The van der Waals surface area contributed by atoms with Crippen molar-refractivity contribution in [1.82, 2.24) is 19.7 Å². The number of amides is 1. The van der Waals surface area contributed by atoms with Gasteiger partial charge in [0.05, 0.1) is 23.3 Å². The smallest absolute Gasteiger partial charge is 0.257 e. The highest BCUT2D eigenvalue weighted by atomic mass is 16.1. The van der Waals surface area contributed by atoms with Gasteiger partial charge in [0.1, 0.15) is 0 Å². The quantitative estimate of drug-likeness (QED) is 0.430. The number of para-hydroxylation sites is 1. The van der Waals surface area contributed by atoms with Gasteiger partial charge in [0.15, 0.2) is 5.82 Å². The number of anilines is 1. The molecular formula is C26H21N5O. The maximum atomic E-state index is 13.2. The third kappa shape index (κ3) is 3.98. The van der Waals surface area contributed by atoms with Crippen molar-refractivity contribution in [2.45, 2.75) is 13.5 Å². The molecule has 0 saturated heterocycles. The second-order valence-corrected chi connectivity index (χ2v) is 7.59. The molecule has 156 valence electrons. The number of hydrogen-bond acceptors (Lipinski definition) is 4. The lowest BCUT2D eigenvalue weighted by Crippen LogP contribution is -2.14. The normalized spacial score (nSPS) is 10.9. The van der Waals surface area contributed by atoms with E-state index in [0.717, 1.165) is 22.2 Å². The van der Waals surface area contributed by atoms with Crippen molar-refractivity contribution in [3.05, 3.63) is 108 Å². The van der Waals surface area contributed by atoms with Crippen LogP contribution < -0.4 is 5.32 Å². The van der Waals surface area contributed by atoms with Gasteiger partial charge in [0.25, 0.3) is 5.91 Å². The van der Waals surface area contributed by atoms with Crippen LogP contribution in [-0.4, -0.2) is 25.7 Å². The lowest BCUT2D eigenvalue weighted by atomic mass is 10.0. The number of benzene rings is 2. The first-order valence-corrected chi connectivity index (χ1v) is 10.4. The lowest BCUT2D eigenvalue weighted by molar-refractivity contribution is 0.102. The summed E-state index contributed by atoms with van der Waals surface area (Å²) in [5.41, 5.74) is 5.34. The largest absolute Gasteiger partial charge is 0.305 e. The molecule has 6 nitrogen and oxygen atoms in total. The topological polar surface area (TPSA) is 72.7 Å². The van der Waals surface area contributed by atoms with E-state index >= 15 is 0 Å². The lowest BCUT2D eigenvalue weighted by Gasteiger charge is -2.10. The predicted molar refractivity (Wildman–Crippen MR) is 125 cm³/mol. The van der Waals surface area contributed by atoms with Gasteiger partial charge in [0.2, 0.25) is 0 Å². The fourth-order valence-corrected chi connectivity index (χ4v) is 3.70. The molecule has 3 aromatic heterocycles. The molecule has 0 radical (unpaired) electrons. The number of nitrogens with zero attached hydrogens (tertiary/aromatic N) is 4. The molecule has 1 N–H and O–H groups in total. The van der Waals surface area contributed by atoms with Gasteiger partial charge in [-0.25, -0.2) is 4.98 Å². The third-order valence-corrected chi connectivity index (χ3v) is 5.41. The molecule has 6 heteroatoms. The summed E-state index contributed by atoms with van der Waals surface area (Å²) < 4.78 is 1.82. The van der Waals surface area contributed by atoms with Gasteiger partial charge >= 0.3 is 0 Å². The Bertz CT molecular complexity index is 1410. The average Bonchev–Trinajstić information content (AvgIpc) is 3.27. The number of carbonyl (C=O) groups excluding carboxylic acids is 1. The second-order valence-electron chi connectivity index (χ2n) is 7.59. The molecule has 0 fully saturated rings. The Morgan fingerprint density at radius 2 is 1.75 bits per heavy atom. The monoisotopic (exact) mass is 419 g/mol. The van der Waals surface area contributed by atoms with Crippen molar-refractivity contribution >= 4 is 22.6 Å². The van der Waals surface area contributed by atoms with Crippen LogP contribution in [0.15, 0.2) is 91.4 Å². The first-order chi connectivity index (χ1) is 15.7. The van der Waals surface area contributed by atoms with Crippen molar-refractivity contribution in [3.8, 4) is 11.3 Å². The van der Waals surface area contributed by atoms with Crippen LogP contribution >= 0.6 is 0 Å². The van der Waals surface area contributed by atoms with E-state index < -0.39 is 0 Å². The molecule has 0 bridgehead atoms. The second kappa shape index (κ2) is 8.43. The summed E-state index contributed by atoms with van der Waals surface area (Å²) in [5.74, 6) is 0.287. The average molecular weight is 419 g/mol. The van der Waals surface area contributed by atoms with Crippen molar-refractivity contribution in [2.24, 2.45) is 0 Å². The van der Waals surface area contributed by atoms with Crippen LogP contribution in [0.1, 0.15) is 21.5 Å². The van der Waals surface area contributed by atoms with Crippen LogP contribution in [0.25, 0.3) is 22.2 Å². The van der Waals surface area contributed by atoms with E-state index in [1.54, 1.807) is 12.4 Å². The van der Waals surface area contributed by atoms with E-state index in [1.165, 1.54) is 11.1 Å². The number of pyridine rings is 2. The molecule has 5 rings (SSSR count). The highest BCUT2D eigenvalue weighted by Crippen LogP contribution is 2.25. The summed E-state index contributed by atoms with van der Waals surface area (Å²) >= 11 is 0. The van der Waals surface area contributed by atoms with Gasteiger partial charge < -0.3 is 5.32 Å². The molecule has 0 saturated carbocycles. The first-order valence-electron chi connectivity index (χ1n) is 10.4. The number of fused-ring (bicyclic) bond motifs is 1. The molecule has 0 atom stereocenters. The van der Waals surface area contributed by atoms with Crippen LogP contribution in [0.4, 0.5) is 5.82 Å². The van der Waals surface area contributed by atoms with E-state index in [9.17, 15) is 4.79 Å². The molecule has 1 amide bonds. The highest BCUT2D eigenvalue weighted by molar-refractivity contribution is 6.12. The zero-order chi connectivity index (χ0) is 21.9. The Labute approximate surface area is 185 Å². The standard InChI is InChI=1S/C26H21N5O/c1-18-6-2-3-7-20(18)17-31-15-12-25(30-31)29-26(32)22-16-24(19-10-13-27-14-11-19)28-23-9-5-4-8-21(22)23/h2-16H,17H2,1H3,(H,29,30,32). The summed E-state index contributed by atoms with van der Waals surface area (Å²) in [6.07, 6.45) is 5.30. The van der Waals surface area contributed by atoms with Crippen LogP contribution in [-0.2, 0) is 6.54 Å². The Morgan fingerprint density at radius 3 is 2.59 bits per heavy atom. The zero-order valence-corrected chi connectivity index (χ0v) is 17.6. The molecule has 0 aliphatic carbocycles. The van der Waals surface area contributed by atoms with Crippen LogP contribution in [0.3, 0.4) is 0 Å². The summed E-state index contributed by atoms with van der Waals surface area (Å²) in [4.78, 5) is 22.0. The van der Waals surface area contributed by atoms with E-state index in [-0.39, 0.29) is 5.91 Å². The summed E-state index contributed by atoms with van der Waals surface area (Å²) in [5, 5.41) is 8.27. The third-order valence-electron chi connectivity index (χ3n) is 5.41. The van der Waals surface area contributed by atoms with E-state index in [2.05, 4.69) is 34.5 Å². The van der Waals surface area contributed by atoms with Gasteiger partial charge in [-0.15, -0.1) is 0 Å². The fourth-order valence-electron chi connectivity index (χ4n) is 3.70. The maximum Gasteiger partial charge on any atom is 0.257 e. The minimum absolute atomic E-state index is 0.222. The van der Waals surface area contributed by atoms with E-state index in [0.29, 0.717) is 17.9 Å². The van der Waals surface area contributed by atoms with Gasteiger partial charge in [-0.1, -0.05) is 42.5 Å². The highest BCUT2D eigenvalue weighted by Gasteiger charge is 2.15. The minimum atomic E-state index is -0.222. The van der Waals surface area contributed by atoms with Crippen molar-refractivity contribution < 1.29 is 4.79 Å². The molecule has 32 heavy (non-hydrogen) atoms. The summed E-state index contributed by atoms with van der Waals surface area (Å²) in [6, 6.07) is 23.2. The minimum Gasteiger partial charge on any atom is -0.305 e. The van der Waals surface area contributed by atoms with Crippen molar-refractivity contribution in [1.29, 1.82) is 0 Å². The van der Waals surface area contributed by atoms with Gasteiger partial charge in [0, 0.05) is 35.6 Å². The molecule has 5 aromatic rings. The SMILES string of the molecule is Cc1ccccc1Cn1ccc(NC(=O)c2cc(-c3ccncc3)nc3ccccc23)n1. The molecule has 0 unspecified atom stereocenters. The first kappa shape index (κ1) is 19.6. The van der Waals surface area contributed by atoms with Gasteiger partial charge in [-0.2, -0.15) is 5.10 Å². The molecule has 0 aliphatic rings. The number of rotatable bonds is 5. The number of aryl methyl sites for hydroxylation is 1. The Kier molecular flexibility index (Phi) is 5.17. The maximum absolute atomic E-state index is 13.2. The zero-order valence-electron chi connectivity index (χ0n) is 17.6. The van der Waals surface area contributed by atoms with Crippen LogP contribution in [0.5, 0.6) is 0 Å². The Morgan fingerprint density at radius 1 is 0.969 bits per heavy atom. The van der Waals surface area contributed by atoms with E-state index in [1.807, 2.05) is 71.5 Å². The Balaban J connectivity index is 1.44. The molecular weight excluding hydrogens is 398 g/mol. The fraction of sp³-hybridized carbons (Fsp3) is 0.0769. The van der Waals surface area contributed by atoms with Crippen molar-refractivity contribution in [2.75, 3.05) is 5.32 Å². The number of nitrogens with one attached hydrogen (secondary N) is 1. The van der Waals surface area contributed by atoms with Crippen molar-refractivity contribution in [3.63, 3.8) is 0 Å². The number of aromatic nitrogens is 4. The van der Waals surface area contributed by atoms with Gasteiger partial charge in [-0.3, -0.25) is 14.5 Å². The molecule has 0 spiro atoms. The van der Waals surface area contributed by atoms with Crippen LogP contribution in [0, 0.1) is 6.92 Å². The molecule has 0 aliphatic heterocycles. The number of hydrogen-bond donors (Lipinski definition) is 1. The molecule has 2 aromatic carbocycles. The van der Waals surface area contributed by atoms with Gasteiger partial charge in [-0.05, 0) is 42.3 Å². The number of carbonyl (C=O) groups is 1. The Hall–Kier alpha value is -4.32. The summed E-state index contributed by atoms with van der Waals surface area (Å²) in [6.45, 7) is 2.73. The summed E-state index contributed by atoms with van der Waals surface area (Å²) in [7, 11) is 0.